The van der Waals surface area contributed by atoms with Gasteiger partial charge in [0.25, 0.3) is 0 Å². The monoisotopic (exact) mass is 146 g/mol. The Hall–Kier alpha value is -0.610. The zero-order valence-electron chi connectivity index (χ0n) is 6.39. The van der Waals surface area contributed by atoms with Gasteiger partial charge in [-0.3, -0.25) is 4.79 Å². The number of hydrogen-bond acceptors (Lipinski definition) is 3. The highest BCUT2D eigenvalue weighted by Crippen LogP contribution is 1.80. The summed E-state index contributed by atoms with van der Waals surface area (Å²) in [5, 5.41) is 0. The second kappa shape index (κ2) is 5.20. The predicted octanol–water partition coefficient (Wildman–Crippen LogP) is -0.209. The van der Waals surface area contributed by atoms with Crippen molar-refractivity contribution in [3.05, 3.63) is 0 Å². The highest BCUT2D eigenvalue weighted by atomic mass is 16.6. The Kier molecular flexibility index (Phi) is 4.88. The van der Waals surface area contributed by atoms with E-state index in [1.165, 1.54) is 0 Å². The number of carbonyl (C=O) groups excluding carboxylic acids is 1. The lowest BCUT2D eigenvalue weighted by atomic mass is 10.3. The molecule has 0 aromatic carbocycles. The Balaban J connectivity index is 3.21. The van der Waals surface area contributed by atoms with Crippen LogP contribution >= 0.6 is 0 Å². The third kappa shape index (κ3) is 4.29. The van der Waals surface area contributed by atoms with E-state index in [0.29, 0.717) is 6.61 Å². The van der Waals surface area contributed by atoms with Crippen LogP contribution in [0.3, 0.4) is 0 Å². The van der Waals surface area contributed by atoms with Crippen molar-refractivity contribution < 1.29 is 9.63 Å². The van der Waals surface area contributed by atoms with Gasteiger partial charge in [-0.2, -0.15) is 5.48 Å². The Morgan fingerprint density at radius 2 is 2.40 bits per heavy atom. The van der Waals surface area contributed by atoms with Crippen molar-refractivity contribution >= 4 is 5.91 Å². The quantitative estimate of drug-likeness (QED) is 0.416. The van der Waals surface area contributed by atoms with Crippen LogP contribution in [0.4, 0.5) is 0 Å². The van der Waals surface area contributed by atoms with Crippen molar-refractivity contribution in [1.82, 2.24) is 5.48 Å². The minimum absolute atomic E-state index is 0.406. The van der Waals surface area contributed by atoms with Crippen molar-refractivity contribution in [3.63, 3.8) is 0 Å². The molecule has 1 amide bonds. The summed E-state index contributed by atoms with van der Waals surface area (Å²) in [4.78, 5) is 15.2. The standard InChI is InChI=1S/C6H14N2O2/c1-3-4-10-8-5(2)6(7)9/h5,8H,3-4H2,1-2H3,(H2,7,9). The zero-order valence-corrected chi connectivity index (χ0v) is 6.39. The van der Waals surface area contributed by atoms with E-state index in [1.807, 2.05) is 6.92 Å². The molecule has 0 aliphatic carbocycles. The first-order valence-electron chi connectivity index (χ1n) is 3.35. The highest BCUT2D eigenvalue weighted by Gasteiger charge is 2.05. The fourth-order valence-corrected chi connectivity index (χ4v) is 0.344. The summed E-state index contributed by atoms with van der Waals surface area (Å²) in [7, 11) is 0. The maximum Gasteiger partial charge on any atom is 0.236 e. The molecular formula is C6H14N2O2. The first-order chi connectivity index (χ1) is 4.68. The van der Waals surface area contributed by atoms with Gasteiger partial charge in [0.1, 0.15) is 6.04 Å². The Morgan fingerprint density at radius 3 is 2.80 bits per heavy atom. The molecule has 0 bridgehead atoms. The lowest BCUT2D eigenvalue weighted by Gasteiger charge is -2.08. The molecule has 1 atom stereocenters. The normalized spacial score (nSPS) is 13.0. The molecule has 3 N–H and O–H groups in total. The Bertz CT molecular complexity index is 106. The van der Waals surface area contributed by atoms with Crippen LogP contribution < -0.4 is 11.2 Å². The minimum atomic E-state index is -0.411. The van der Waals surface area contributed by atoms with Gasteiger partial charge >= 0.3 is 0 Å². The second-order valence-electron chi connectivity index (χ2n) is 2.09. The van der Waals surface area contributed by atoms with Gasteiger partial charge in [-0.1, -0.05) is 6.92 Å². The molecule has 0 saturated carbocycles. The number of nitrogens with one attached hydrogen (secondary N) is 1. The van der Waals surface area contributed by atoms with Gasteiger partial charge in [0.15, 0.2) is 0 Å². The van der Waals surface area contributed by atoms with Crippen molar-refractivity contribution in [2.75, 3.05) is 6.61 Å². The summed E-state index contributed by atoms with van der Waals surface area (Å²) in [6.45, 7) is 4.23. The van der Waals surface area contributed by atoms with E-state index in [-0.39, 0.29) is 0 Å². The number of primary amides is 1. The number of amides is 1. The summed E-state index contributed by atoms with van der Waals surface area (Å²) in [5.74, 6) is -0.406. The average molecular weight is 146 g/mol. The van der Waals surface area contributed by atoms with Crippen LogP contribution in [0.5, 0.6) is 0 Å². The summed E-state index contributed by atoms with van der Waals surface area (Å²) in [6, 6.07) is -0.411. The van der Waals surface area contributed by atoms with E-state index < -0.39 is 11.9 Å². The molecule has 0 aromatic heterocycles. The molecule has 0 heterocycles. The van der Waals surface area contributed by atoms with Crippen molar-refractivity contribution in [1.29, 1.82) is 0 Å². The molecule has 0 spiro atoms. The van der Waals surface area contributed by atoms with E-state index in [2.05, 4.69) is 5.48 Å². The van der Waals surface area contributed by atoms with Gasteiger partial charge in [-0.15, -0.1) is 0 Å². The lowest BCUT2D eigenvalue weighted by Crippen LogP contribution is -2.38. The molecule has 4 nitrogen and oxygen atoms in total. The van der Waals surface area contributed by atoms with Crippen LogP contribution in [-0.2, 0) is 9.63 Å². The first-order valence-corrected chi connectivity index (χ1v) is 3.35. The summed E-state index contributed by atoms with van der Waals surface area (Å²) < 4.78 is 0. The molecular weight excluding hydrogens is 132 g/mol. The maximum atomic E-state index is 10.4. The third-order valence-electron chi connectivity index (χ3n) is 0.993. The van der Waals surface area contributed by atoms with Crippen LogP contribution in [0, 0.1) is 0 Å². The van der Waals surface area contributed by atoms with Crippen LogP contribution in [0.2, 0.25) is 0 Å². The SMILES string of the molecule is CCCONC(C)C(N)=O. The highest BCUT2D eigenvalue weighted by molar-refractivity contribution is 5.79. The van der Waals surface area contributed by atoms with Crippen molar-refractivity contribution in [2.45, 2.75) is 26.3 Å². The number of rotatable bonds is 5. The van der Waals surface area contributed by atoms with Gasteiger partial charge in [-0.05, 0) is 13.3 Å². The van der Waals surface area contributed by atoms with E-state index >= 15 is 0 Å². The Labute approximate surface area is 60.7 Å². The molecule has 0 aliphatic heterocycles. The summed E-state index contributed by atoms with van der Waals surface area (Å²) >= 11 is 0. The van der Waals surface area contributed by atoms with E-state index in [9.17, 15) is 4.79 Å². The smallest absolute Gasteiger partial charge is 0.236 e. The maximum absolute atomic E-state index is 10.4. The number of hydrogen-bond donors (Lipinski definition) is 2. The fourth-order valence-electron chi connectivity index (χ4n) is 0.344. The van der Waals surface area contributed by atoms with E-state index in [1.54, 1.807) is 6.92 Å². The van der Waals surface area contributed by atoms with Crippen molar-refractivity contribution in [3.8, 4) is 0 Å². The topological polar surface area (TPSA) is 64.3 Å². The zero-order chi connectivity index (χ0) is 7.98. The number of nitrogens with two attached hydrogens (primary N) is 1. The molecule has 0 rings (SSSR count). The van der Waals surface area contributed by atoms with Crippen LogP contribution in [0.1, 0.15) is 20.3 Å². The molecule has 0 saturated heterocycles. The van der Waals surface area contributed by atoms with Crippen LogP contribution in [0.15, 0.2) is 0 Å². The fraction of sp³-hybridized carbons (Fsp3) is 0.833. The van der Waals surface area contributed by atoms with Gasteiger partial charge in [-0.25, -0.2) is 0 Å². The molecule has 60 valence electrons. The van der Waals surface area contributed by atoms with Gasteiger partial charge in [0, 0.05) is 0 Å². The van der Waals surface area contributed by atoms with E-state index in [0.717, 1.165) is 6.42 Å². The van der Waals surface area contributed by atoms with Crippen LogP contribution in [0.25, 0.3) is 0 Å². The third-order valence-corrected chi connectivity index (χ3v) is 0.993. The molecule has 10 heavy (non-hydrogen) atoms. The largest absolute Gasteiger partial charge is 0.368 e. The van der Waals surface area contributed by atoms with Crippen LogP contribution in [-0.4, -0.2) is 18.6 Å². The summed E-state index contributed by atoms with van der Waals surface area (Å²) in [5.41, 5.74) is 7.45. The molecule has 4 heteroatoms. The molecule has 1 unspecified atom stereocenters. The molecule has 0 aromatic rings. The molecule has 0 radical (unpaired) electrons. The van der Waals surface area contributed by atoms with Gasteiger partial charge < -0.3 is 10.6 Å². The molecule has 0 fully saturated rings. The lowest BCUT2D eigenvalue weighted by molar-refractivity contribution is -0.123. The summed E-state index contributed by atoms with van der Waals surface area (Å²) in [6.07, 6.45) is 0.915. The predicted molar refractivity (Wildman–Crippen MR) is 38.0 cm³/mol. The number of hydroxylamine groups is 1. The van der Waals surface area contributed by atoms with E-state index in [4.69, 9.17) is 10.6 Å². The van der Waals surface area contributed by atoms with Crippen molar-refractivity contribution in [2.24, 2.45) is 5.73 Å². The minimum Gasteiger partial charge on any atom is -0.368 e. The Morgan fingerprint density at radius 1 is 1.80 bits per heavy atom. The number of carbonyl (C=O) groups is 1. The second-order valence-corrected chi connectivity index (χ2v) is 2.09. The van der Waals surface area contributed by atoms with Gasteiger partial charge in [0.2, 0.25) is 5.91 Å². The molecule has 0 aliphatic rings. The van der Waals surface area contributed by atoms with Gasteiger partial charge in [0.05, 0.1) is 6.61 Å². The first kappa shape index (κ1) is 9.39. The average Bonchev–Trinajstić information content (AvgIpc) is 1.88.